The molecule has 0 saturated carbocycles. The van der Waals surface area contributed by atoms with Crippen molar-refractivity contribution >= 4 is 19.7 Å². The molecule has 0 aromatic heterocycles. The van der Waals surface area contributed by atoms with E-state index in [1.54, 1.807) is 0 Å². The Bertz CT molecular complexity index is 474. The van der Waals surface area contributed by atoms with Crippen molar-refractivity contribution in [3.8, 4) is 0 Å². The smallest absolute Gasteiger partial charge is 0.0867 e. The second-order valence-electron chi connectivity index (χ2n) is 8.12. The van der Waals surface area contributed by atoms with Crippen LogP contribution in [0.25, 0.3) is 0 Å². The molecule has 24 heavy (non-hydrogen) atoms. The highest BCUT2D eigenvalue weighted by atomic mass is 35.5. The van der Waals surface area contributed by atoms with Gasteiger partial charge in [0.25, 0.3) is 0 Å². The molecule has 0 amide bonds. The standard InChI is InChI=1S/C22H37ClSi/c1-6-7-8-9-10-11-12-16-19-22(23,20(2)24(3,4)5)21-17-14-13-15-18-21/h13-15,17-18H,2,6-12,16,19H2,1,3-5H3. The lowest BCUT2D eigenvalue weighted by Crippen LogP contribution is -2.36. The van der Waals surface area contributed by atoms with Gasteiger partial charge in [0.05, 0.1) is 12.9 Å². The van der Waals surface area contributed by atoms with E-state index in [-0.39, 0.29) is 4.87 Å². The van der Waals surface area contributed by atoms with Gasteiger partial charge in [-0.25, -0.2) is 0 Å². The van der Waals surface area contributed by atoms with Gasteiger partial charge in [0.15, 0.2) is 0 Å². The van der Waals surface area contributed by atoms with E-state index in [1.807, 2.05) is 0 Å². The van der Waals surface area contributed by atoms with Crippen molar-refractivity contribution in [2.75, 3.05) is 0 Å². The summed E-state index contributed by atoms with van der Waals surface area (Å²) in [5.74, 6) is 0. The van der Waals surface area contributed by atoms with Gasteiger partial charge in [0.2, 0.25) is 0 Å². The molecule has 0 saturated heterocycles. The van der Waals surface area contributed by atoms with Gasteiger partial charge in [-0.1, -0.05) is 113 Å². The molecule has 0 aliphatic carbocycles. The van der Waals surface area contributed by atoms with Crippen LogP contribution in [0.15, 0.2) is 42.1 Å². The van der Waals surface area contributed by atoms with Crippen molar-refractivity contribution < 1.29 is 0 Å². The summed E-state index contributed by atoms with van der Waals surface area (Å²) in [6.07, 6.45) is 11.7. The fourth-order valence-electron chi connectivity index (χ4n) is 3.27. The molecular weight excluding hydrogens is 328 g/mol. The second-order valence-corrected chi connectivity index (χ2v) is 13.9. The Morgan fingerprint density at radius 1 is 0.917 bits per heavy atom. The van der Waals surface area contributed by atoms with E-state index in [1.165, 1.54) is 62.1 Å². The average Bonchev–Trinajstić information content (AvgIpc) is 2.56. The van der Waals surface area contributed by atoms with Crippen molar-refractivity contribution in [2.45, 2.75) is 89.2 Å². The molecule has 0 nitrogen and oxygen atoms in total. The molecule has 0 bridgehead atoms. The summed E-state index contributed by atoms with van der Waals surface area (Å²) in [5, 5.41) is 1.27. The highest BCUT2D eigenvalue weighted by Gasteiger charge is 2.38. The van der Waals surface area contributed by atoms with E-state index in [2.05, 4.69) is 63.5 Å². The Morgan fingerprint density at radius 3 is 1.92 bits per heavy atom. The topological polar surface area (TPSA) is 0 Å². The molecule has 1 atom stereocenters. The maximum Gasteiger partial charge on any atom is 0.0867 e. The maximum atomic E-state index is 7.22. The number of hydrogen-bond acceptors (Lipinski definition) is 0. The molecule has 136 valence electrons. The van der Waals surface area contributed by atoms with Gasteiger partial charge in [-0.2, -0.15) is 0 Å². The van der Waals surface area contributed by atoms with Crippen molar-refractivity contribution in [2.24, 2.45) is 0 Å². The summed E-state index contributed by atoms with van der Waals surface area (Å²) in [7, 11) is -1.50. The Hall–Kier alpha value is -0.533. The van der Waals surface area contributed by atoms with Crippen LogP contribution in [0.1, 0.15) is 70.3 Å². The minimum Gasteiger partial charge on any atom is -0.110 e. The molecule has 1 unspecified atom stereocenters. The molecule has 0 radical (unpaired) electrons. The van der Waals surface area contributed by atoms with Gasteiger partial charge in [-0.15, -0.1) is 18.2 Å². The van der Waals surface area contributed by atoms with Crippen molar-refractivity contribution in [3.05, 3.63) is 47.7 Å². The molecule has 0 heterocycles. The molecule has 1 aromatic carbocycles. The molecule has 0 spiro atoms. The molecular formula is C22H37ClSi. The van der Waals surface area contributed by atoms with Crippen LogP contribution < -0.4 is 0 Å². The summed E-state index contributed by atoms with van der Waals surface area (Å²) < 4.78 is 0. The SMILES string of the molecule is C=C(C(Cl)(CCCCCCCCCC)c1ccccc1)[Si](C)(C)C. The van der Waals surface area contributed by atoms with E-state index < -0.39 is 8.07 Å². The summed E-state index contributed by atoms with van der Waals surface area (Å²) >= 11 is 7.22. The normalized spacial score (nSPS) is 14.4. The number of benzene rings is 1. The first-order valence-electron chi connectivity index (χ1n) is 9.76. The van der Waals surface area contributed by atoms with Gasteiger partial charge in [-0.05, 0) is 12.0 Å². The van der Waals surface area contributed by atoms with Crippen LogP contribution in [0.5, 0.6) is 0 Å². The second kappa shape index (κ2) is 10.5. The molecule has 0 aliphatic rings. The molecule has 1 aromatic rings. The zero-order valence-electron chi connectivity index (χ0n) is 16.3. The lowest BCUT2D eigenvalue weighted by molar-refractivity contribution is 0.535. The van der Waals surface area contributed by atoms with Crippen molar-refractivity contribution in [3.63, 3.8) is 0 Å². The Kier molecular flexibility index (Phi) is 9.37. The first-order chi connectivity index (χ1) is 11.3. The molecule has 0 fully saturated rings. The van der Waals surface area contributed by atoms with Gasteiger partial charge in [-0.3, -0.25) is 0 Å². The number of hydrogen-bond donors (Lipinski definition) is 0. The lowest BCUT2D eigenvalue weighted by Gasteiger charge is -2.36. The third-order valence-corrected chi connectivity index (χ3v) is 8.02. The first kappa shape index (κ1) is 21.5. The Morgan fingerprint density at radius 2 is 1.42 bits per heavy atom. The molecule has 2 heteroatoms. The minimum absolute atomic E-state index is 0.381. The van der Waals surface area contributed by atoms with Gasteiger partial charge < -0.3 is 0 Å². The van der Waals surface area contributed by atoms with Crippen LogP contribution in [0.3, 0.4) is 0 Å². The molecule has 1 rings (SSSR count). The lowest BCUT2D eigenvalue weighted by atomic mass is 9.91. The maximum absolute atomic E-state index is 7.22. The number of halogens is 1. The number of unbranched alkanes of at least 4 members (excludes halogenated alkanes) is 7. The summed E-state index contributed by atoms with van der Waals surface area (Å²) in [5.41, 5.74) is 1.22. The van der Waals surface area contributed by atoms with Gasteiger partial charge >= 0.3 is 0 Å². The molecule has 0 N–H and O–H groups in total. The van der Waals surface area contributed by atoms with Gasteiger partial charge in [0.1, 0.15) is 0 Å². The highest BCUT2D eigenvalue weighted by Crippen LogP contribution is 2.44. The van der Waals surface area contributed by atoms with E-state index >= 15 is 0 Å². The zero-order chi connectivity index (χ0) is 18.1. The predicted octanol–water partition coefficient (Wildman–Crippen LogP) is 8.09. The number of rotatable bonds is 12. The minimum atomic E-state index is -1.50. The number of alkyl halides is 1. The fourth-order valence-corrected chi connectivity index (χ4v) is 5.84. The third-order valence-electron chi connectivity index (χ3n) is 4.99. The number of allylic oxidation sites excluding steroid dienone is 1. The van der Waals surface area contributed by atoms with Crippen molar-refractivity contribution in [1.82, 2.24) is 0 Å². The largest absolute Gasteiger partial charge is 0.110 e. The Labute approximate surface area is 156 Å². The first-order valence-corrected chi connectivity index (χ1v) is 13.6. The van der Waals surface area contributed by atoms with Crippen LogP contribution in [-0.2, 0) is 4.87 Å². The summed E-state index contributed by atoms with van der Waals surface area (Å²) in [6, 6.07) is 10.6. The Balaban J connectivity index is 2.60. The van der Waals surface area contributed by atoms with E-state index in [4.69, 9.17) is 11.6 Å². The zero-order valence-corrected chi connectivity index (χ0v) is 18.1. The monoisotopic (exact) mass is 364 g/mol. The quantitative estimate of drug-likeness (QED) is 0.199. The van der Waals surface area contributed by atoms with E-state index in [0.717, 1.165) is 6.42 Å². The fraction of sp³-hybridized carbons (Fsp3) is 0.636. The van der Waals surface area contributed by atoms with Crippen LogP contribution in [0.2, 0.25) is 19.6 Å². The summed E-state index contributed by atoms with van der Waals surface area (Å²) in [6.45, 7) is 13.8. The highest BCUT2D eigenvalue weighted by molar-refractivity contribution is 6.84. The van der Waals surface area contributed by atoms with Crippen LogP contribution in [0.4, 0.5) is 0 Å². The van der Waals surface area contributed by atoms with Crippen LogP contribution in [0, 0.1) is 0 Å². The van der Waals surface area contributed by atoms with Gasteiger partial charge in [0, 0.05) is 0 Å². The van der Waals surface area contributed by atoms with Crippen LogP contribution in [-0.4, -0.2) is 8.07 Å². The van der Waals surface area contributed by atoms with Crippen molar-refractivity contribution in [1.29, 1.82) is 0 Å². The van der Waals surface area contributed by atoms with E-state index in [0.29, 0.717) is 0 Å². The van der Waals surface area contributed by atoms with Crippen LogP contribution >= 0.6 is 11.6 Å². The average molecular weight is 365 g/mol. The molecule has 0 aliphatic heterocycles. The predicted molar refractivity (Wildman–Crippen MR) is 114 cm³/mol. The third kappa shape index (κ3) is 6.76. The van der Waals surface area contributed by atoms with E-state index in [9.17, 15) is 0 Å². The summed E-state index contributed by atoms with van der Waals surface area (Å²) in [4.78, 5) is -0.381.